The van der Waals surface area contributed by atoms with Gasteiger partial charge in [0.05, 0.1) is 12.6 Å². The van der Waals surface area contributed by atoms with E-state index in [-0.39, 0.29) is 12.1 Å². The Morgan fingerprint density at radius 1 is 1.47 bits per heavy atom. The molecule has 0 saturated heterocycles. The van der Waals surface area contributed by atoms with Gasteiger partial charge < -0.3 is 15.4 Å². The summed E-state index contributed by atoms with van der Waals surface area (Å²) in [5, 5.41) is 4.60. The molecule has 4 nitrogen and oxygen atoms in total. The van der Waals surface area contributed by atoms with Crippen LogP contribution in [-0.2, 0) is 4.74 Å². The number of nitrogens with one attached hydrogen (secondary N) is 1. The average Bonchev–Trinajstić information content (AvgIpc) is 2.01. The van der Waals surface area contributed by atoms with Crippen LogP contribution in [0.1, 0.15) is 34.6 Å². The van der Waals surface area contributed by atoms with Crippen LogP contribution in [0, 0.1) is 13.0 Å². The predicted molar refractivity (Wildman–Crippen MR) is 60.1 cm³/mol. The van der Waals surface area contributed by atoms with Crippen molar-refractivity contribution in [2.45, 2.75) is 46.3 Å². The van der Waals surface area contributed by atoms with Crippen LogP contribution in [0.5, 0.6) is 0 Å². The number of carbonyl (C=O) groups excluding carboxylic acids is 1. The van der Waals surface area contributed by atoms with E-state index in [9.17, 15) is 4.79 Å². The molecule has 0 aromatic heterocycles. The molecular weight excluding hydrogens is 192 g/mol. The van der Waals surface area contributed by atoms with Crippen LogP contribution in [0.25, 0.3) is 0 Å². The predicted octanol–water partition coefficient (Wildman–Crippen LogP) is 0.891. The van der Waals surface area contributed by atoms with Crippen LogP contribution in [0.3, 0.4) is 0 Å². The molecule has 0 aliphatic rings. The summed E-state index contributed by atoms with van der Waals surface area (Å²) >= 11 is 0. The summed E-state index contributed by atoms with van der Waals surface area (Å²) in [4.78, 5) is 11.3. The zero-order valence-electron chi connectivity index (χ0n) is 10.5. The third-order valence-electron chi connectivity index (χ3n) is 2.04. The molecule has 0 bridgehead atoms. The Balaban J connectivity index is 3.89. The number of hydrogen-bond acceptors (Lipinski definition) is 2. The van der Waals surface area contributed by atoms with Crippen LogP contribution in [0.15, 0.2) is 0 Å². The summed E-state index contributed by atoms with van der Waals surface area (Å²) in [6.07, 6.45) is -0.366. The van der Waals surface area contributed by atoms with E-state index >= 15 is 0 Å². The summed E-state index contributed by atoms with van der Waals surface area (Å²) < 4.78 is 5.13. The molecule has 90 valence electrons. The molecule has 15 heavy (non-hydrogen) atoms. The molecule has 0 heterocycles. The number of quaternary nitrogens is 1. The van der Waals surface area contributed by atoms with E-state index in [1.54, 1.807) is 0 Å². The smallest absolute Gasteiger partial charge is 0.407 e. The van der Waals surface area contributed by atoms with Crippen LogP contribution in [0.2, 0.25) is 0 Å². The lowest BCUT2D eigenvalue weighted by molar-refractivity contribution is -0.638. The number of ether oxygens (including phenoxy) is 1. The Labute approximate surface area is 92.8 Å². The first kappa shape index (κ1) is 14.2. The molecule has 0 aliphatic carbocycles. The molecule has 0 fully saturated rings. The van der Waals surface area contributed by atoms with Gasteiger partial charge in [-0.15, -0.1) is 0 Å². The van der Waals surface area contributed by atoms with Crippen molar-refractivity contribution in [1.29, 1.82) is 0 Å². The van der Waals surface area contributed by atoms with Gasteiger partial charge in [0, 0.05) is 5.92 Å². The maximum atomic E-state index is 11.3. The van der Waals surface area contributed by atoms with E-state index in [0.29, 0.717) is 12.5 Å². The van der Waals surface area contributed by atoms with Crippen LogP contribution in [-0.4, -0.2) is 24.3 Å². The van der Waals surface area contributed by atoms with Crippen LogP contribution >= 0.6 is 0 Å². The highest BCUT2D eigenvalue weighted by Crippen LogP contribution is 2.06. The van der Waals surface area contributed by atoms with Gasteiger partial charge in [0.1, 0.15) is 5.60 Å². The van der Waals surface area contributed by atoms with Crippen molar-refractivity contribution in [2.24, 2.45) is 5.92 Å². The minimum atomic E-state index is -0.439. The second-order valence-corrected chi connectivity index (χ2v) is 5.03. The molecule has 0 rings (SSSR count). The second-order valence-electron chi connectivity index (χ2n) is 5.03. The summed E-state index contributed by atoms with van der Waals surface area (Å²) in [6, 6.07) is 0.289. The summed E-state index contributed by atoms with van der Waals surface area (Å²) in [5.41, 5.74) is -0.439. The van der Waals surface area contributed by atoms with Gasteiger partial charge in [-0.1, -0.05) is 13.8 Å². The molecule has 0 aromatic rings. The number of nitrogens with two attached hydrogens (primary N) is 1. The molecule has 0 radical (unpaired) electrons. The first-order valence-corrected chi connectivity index (χ1v) is 5.35. The van der Waals surface area contributed by atoms with Gasteiger partial charge >= 0.3 is 6.09 Å². The minimum Gasteiger partial charge on any atom is -0.475 e. The maximum absolute atomic E-state index is 11.3. The lowest BCUT2D eigenvalue weighted by atomic mass is 10.1. The molecule has 1 atom stereocenters. The third kappa shape index (κ3) is 7.19. The molecule has 1 amide bonds. The van der Waals surface area contributed by atoms with Crippen molar-refractivity contribution in [2.75, 3.05) is 6.54 Å². The van der Waals surface area contributed by atoms with E-state index in [1.807, 2.05) is 26.1 Å². The van der Waals surface area contributed by atoms with Crippen molar-refractivity contribution in [1.82, 2.24) is 5.32 Å². The molecule has 0 saturated carbocycles. The second kappa shape index (κ2) is 5.95. The van der Waals surface area contributed by atoms with Gasteiger partial charge in [-0.25, -0.2) is 4.79 Å². The zero-order chi connectivity index (χ0) is 12.1. The van der Waals surface area contributed by atoms with E-state index in [2.05, 4.69) is 26.2 Å². The monoisotopic (exact) mass is 216 g/mol. The minimum absolute atomic E-state index is 0.289. The molecule has 4 heteroatoms. The van der Waals surface area contributed by atoms with Crippen LogP contribution < -0.4 is 10.6 Å². The normalized spacial score (nSPS) is 13.8. The Morgan fingerprint density at radius 3 is 2.33 bits per heavy atom. The van der Waals surface area contributed by atoms with E-state index in [1.165, 1.54) is 0 Å². The fraction of sp³-hybridized carbons (Fsp3) is 0.818. The number of carbonyl (C=O) groups is 1. The number of hydrogen-bond donors (Lipinski definition) is 2. The quantitative estimate of drug-likeness (QED) is 0.686. The molecular formula is C11H24N2O2. The lowest BCUT2D eigenvalue weighted by Crippen LogP contribution is -2.87. The fourth-order valence-electron chi connectivity index (χ4n) is 1.11. The van der Waals surface area contributed by atoms with Crippen molar-refractivity contribution in [3.8, 4) is 0 Å². The van der Waals surface area contributed by atoms with Gasteiger partial charge in [-0.05, 0) is 20.8 Å². The maximum Gasteiger partial charge on any atom is 0.407 e. The molecule has 3 N–H and O–H groups in total. The van der Waals surface area contributed by atoms with Crippen molar-refractivity contribution in [3.05, 3.63) is 7.05 Å². The Hall–Kier alpha value is -0.770. The number of amides is 1. The SMILES string of the molecule is [CH2-][NH2+]C(CNC(=O)OC(C)(C)C)C(C)C. The van der Waals surface area contributed by atoms with E-state index in [0.717, 1.165) is 0 Å². The Morgan fingerprint density at radius 2 is 2.00 bits per heavy atom. The zero-order valence-corrected chi connectivity index (χ0v) is 10.5. The number of alkyl carbamates (subject to hydrolysis) is 1. The summed E-state index contributed by atoms with van der Waals surface area (Å²) in [7, 11) is 3.74. The van der Waals surface area contributed by atoms with Gasteiger partial charge in [0.25, 0.3) is 0 Å². The summed E-state index contributed by atoms with van der Waals surface area (Å²) in [6.45, 7) is 10.3. The van der Waals surface area contributed by atoms with Gasteiger partial charge in [-0.2, -0.15) is 7.05 Å². The lowest BCUT2D eigenvalue weighted by Gasteiger charge is -2.23. The van der Waals surface area contributed by atoms with Gasteiger partial charge in [0.15, 0.2) is 0 Å². The Kier molecular flexibility index (Phi) is 5.65. The standard InChI is InChI=1S/C11H24N2O2/c1-8(2)9(12-6)7-13-10(14)15-11(3,4)5/h8-9H,6-7,12H2,1-5H3,(H,13,14). The highest BCUT2D eigenvalue weighted by Gasteiger charge is 2.18. The Bertz CT molecular complexity index is 197. The molecule has 0 aliphatic heterocycles. The molecule has 1 unspecified atom stereocenters. The first-order valence-electron chi connectivity index (χ1n) is 5.35. The van der Waals surface area contributed by atoms with Crippen molar-refractivity contribution >= 4 is 6.09 Å². The van der Waals surface area contributed by atoms with Crippen molar-refractivity contribution in [3.63, 3.8) is 0 Å². The van der Waals surface area contributed by atoms with E-state index in [4.69, 9.17) is 4.74 Å². The van der Waals surface area contributed by atoms with Gasteiger partial charge in [-0.3, -0.25) is 0 Å². The first-order chi connectivity index (χ1) is 6.76. The number of rotatable bonds is 4. The average molecular weight is 216 g/mol. The molecule has 0 aromatic carbocycles. The third-order valence-corrected chi connectivity index (χ3v) is 2.04. The highest BCUT2D eigenvalue weighted by atomic mass is 16.6. The largest absolute Gasteiger partial charge is 0.475 e. The van der Waals surface area contributed by atoms with Gasteiger partial charge in [0.2, 0.25) is 0 Å². The van der Waals surface area contributed by atoms with E-state index < -0.39 is 5.60 Å². The van der Waals surface area contributed by atoms with Crippen LogP contribution in [0.4, 0.5) is 4.79 Å². The fourth-order valence-corrected chi connectivity index (χ4v) is 1.11. The summed E-state index contributed by atoms with van der Waals surface area (Å²) in [5.74, 6) is 0.470. The topological polar surface area (TPSA) is 54.9 Å². The van der Waals surface area contributed by atoms with Crippen molar-refractivity contribution < 1.29 is 14.8 Å². The molecule has 0 spiro atoms. The highest BCUT2D eigenvalue weighted by molar-refractivity contribution is 5.67.